The normalized spacial score (nSPS) is 24.8. The third-order valence-electron chi connectivity index (χ3n) is 3.35. The number of nitrogens with zero attached hydrogens (tertiary/aromatic N) is 1. The van der Waals surface area contributed by atoms with Crippen molar-refractivity contribution in [3.63, 3.8) is 0 Å². The van der Waals surface area contributed by atoms with Gasteiger partial charge in [0, 0.05) is 6.04 Å². The number of fused-ring (bicyclic) bond motifs is 1. The summed E-state index contributed by atoms with van der Waals surface area (Å²) in [7, 11) is 0. The molecular weight excluding hydrogens is 212 g/mol. The number of rotatable bonds is 3. The van der Waals surface area contributed by atoms with Gasteiger partial charge in [-0.2, -0.15) is 5.26 Å². The van der Waals surface area contributed by atoms with Crippen LogP contribution >= 0.6 is 0 Å². The lowest BCUT2D eigenvalue weighted by Gasteiger charge is -2.36. The maximum atomic E-state index is 9.54. The van der Waals surface area contributed by atoms with Gasteiger partial charge in [-0.3, -0.25) is 5.32 Å². The molecular formula is C14H18N2O. The fourth-order valence-corrected chi connectivity index (χ4v) is 2.22. The van der Waals surface area contributed by atoms with Crippen LogP contribution in [0.5, 0.6) is 0 Å². The maximum Gasteiger partial charge on any atom is 0.156 e. The third kappa shape index (κ3) is 2.19. The van der Waals surface area contributed by atoms with Crippen LogP contribution in [0.4, 0.5) is 0 Å². The van der Waals surface area contributed by atoms with Crippen molar-refractivity contribution in [1.29, 1.82) is 5.26 Å². The van der Waals surface area contributed by atoms with Crippen molar-refractivity contribution in [2.24, 2.45) is 0 Å². The Morgan fingerprint density at radius 1 is 1.53 bits per heavy atom. The van der Waals surface area contributed by atoms with E-state index in [9.17, 15) is 5.26 Å². The van der Waals surface area contributed by atoms with Crippen LogP contribution in [0.15, 0.2) is 24.3 Å². The van der Waals surface area contributed by atoms with Crippen molar-refractivity contribution in [3.8, 4) is 6.07 Å². The second-order valence-electron chi connectivity index (χ2n) is 4.62. The summed E-state index contributed by atoms with van der Waals surface area (Å²) in [4.78, 5) is 0. The first-order valence-electron chi connectivity index (χ1n) is 6.07. The average Bonchev–Trinajstić information content (AvgIpc) is 2.39. The van der Waals surface area contributed by atoms with Crippen LogP contribution < -0.4 is 5.32 Å². The third-order valence-corrected chi connectivity index (χ3v) is 3.35. The lowest BCUT2D eigenvalue weighted by atomic mass is 9.86. The Balaban J connectivity index is 2.40. The van der Waals surface area contributed by atoms with Gasteiger partial charge >= 0.3 is 0 Å². The van der Waals surface area contributed by atoms with Gasteiger partial charge in [-0.1, -0.05) is 31.2 Å². The summed E-state index contributed by atoms with van der Waals surface area (Å²) in [5, 5.41) is 12.9. The molecule has 1 heterocycles. The quantitative estimate of drug-likeness (QED) is 0.866. The number of nitriles is 1. The zero-order valence-corrected chi connectivity index (χ0v) is 10.4. The van der Waals surface area contributed by atoms with Crippen molar-refractivity contribution >= 4 is 0 Å². The minimum Gasteiger partial charge on any atom is -0.373 e. The molecule has 1 N–H and O–H groups in total. The molecule has 0 aliphatic carbocycles. The highest BCUT2D eigenvalue weighted by atomic mass is 16.5. The molecule has 0 bridgehead atoms. The highest BCUT2D eigenvalue weighted by Crippen LogP contribution is 2.30. The molecule has 0 radical (unpaired) electrons. The highest BCUT2D eigenvalue weighted by molar-refractivity contribution is 5.40. The predicted octanol–water partition coefficient (Wildman–Crippen LogP) is 2.32. The molecule has 3 nitrogen and oxygen atoms in total. The molecule has 0 fully saturated rings. The second kappa shape index (κ2) is 4.87. The van der Waals surface area contributed by atoms with Gasteiger partial charge in [0.2, 0.25) is 0 Å². The van der Waals surface area contributed by atoms with Crippen LogP contribution in [0.2, 0.25) is 0 Å². The van der Waals surface area contributed by atoms with Crippen molar-refractivity contribution in [2.45, 2.75) is 38.5 Å². The monoisotopic (exact) mass is 230 g/mol. The molecule has 2 rings (SSSR count). The van der Waals surface area contributed by atoms with Crippen LogP contribution in [0.25, 0.3) is 0 Å². The standard InChI is InChI=1S/C14H18N2O/c1-3-11(2)16-14(9-15)10-17-8-12-6-4-5-7-13(12)14/h4-7,11,16H,3,8,10H2,1-2H3. The van der Waals surface area contributed by atoms with E-state index in [4.69, 9.17) is 4.74 Å². The Morgan fingerprint density at radius 3 is 3.00 bits per heavy atom. The van der Waals surface area contributed by atoms with Crippen molar-refractivity contribution in [3.05, 3.63) is 35.4 Å². The van der Waals surface area contributed by atoms with Crippen LogP contribution in [0.3, 0.4) is 0 Å². The second-order valence-corrected chi connectivity index (χ2v) is 4.62. The van der Waals surface area contributed by atoms with E-state index in [1.165, 1.54) is 0 Å². The summed E-state index contributed by atoms with van der Waals surface area (Å²) in [5.74, 6) is 0. The minimum absolute atomic E-state index is 0.296. The summed E-state index contributed by atoms with van der Waals surface area (Å²) in [6.07, 6.45) is 0.992. The van der Waals surface area contributed by atoms with Gasteiger partial charge < -0.3 is 4.74 Å². The summed E-state index contributed by atoms with van der Waals surface area (Å²) in [6, 6.07) is 10.7. The number of hydrogen-bond donors (Lipinski definition) is 1. The summed E-state index contributed by atoms with van der Waals surface area (Å²) >= 11 is 0. The van der Waals surface area contributed by atoms with Crippen LogP contribution in [0.1, 0.15) is 31.4 Å². The zero-order chi connectivity index (χ0) is 12.3. The number of hydrogen-bond acceptors (Lipinski definition) is 3. The van der Waals surface area contributed by atoms with E-state index in [1.807, 2.05) is 24.3 Å². The molecule has 3 heteroatoms. The van der Waals surface area contributed by atoms with E-state index in [0.717, 1.165) is 17.5 Å². The minimum atomic E-state index is -0.690. The van der Waals surface area contributed by atoms with E-state index in [0.29, 0.717) is 19.3 Å². The Kier molecular flexibility index (Phi) is 3.46. The van der Waals surface area contributed by atoms with Crippen LogP contribution in [0, 0.1) is 11.3 Å². The Bertz CT molecular complexity index is 438. The first-order chi connectivity index (χ1) is 8.22. The summed E-state index contributed by atoms with van der Waals surface area (Å²) < 4.78 is 5.56. The molecule has 90 valence electrons. The van der Waals surface area contributed by atoms with Gasteiger partial charge in [0.05, 0.1) is 19.3 Å². The molecule has 1 aliphatic heterocycles. The molecule has 2 atom stereocenters. The van der Waals surface area contributed by atoms with Crippen molar-refractivity contribution < 1.29 is 4.74 Å². The zero-order valence-electron chi connectivity index (χ0n) is 10.4. The first-order valence-corrected chi connectivity index (χ1v) is 6.07. The average molecular weight is 230 g/mol. The first kappa shape index (κ1) is 12.1. The van der Waals surface area contributed by atoms with Gasteiger partial charge in [0.1, 0.15) is 0 Å². The molecule has 1 aromatic rings. The van der Waals surface area contributed by atoms with E-state index < -0.39 is 5.54 Å². The van der Waals surface area contributed by atoms with Gasteiger partial charge in [0.15, 0.2) is 5.54 Å². The Labute approximate surface area is 102 Å². The Hall–Kier alpha value is -1.37. The number of ether oxygens (including phenoxy) is 1. The number of benzene rings is 1. The maximum absolute atomic E-state index is 9.54. The van der Waals surface area contributed by atoms with Crippen LogP contribution in [-0.4, -0.2) is 12.6 Å². The number of nitrogens with one attached hydrogen (secondary N) is 1. The topological polar surface area (TPSA) is 45.0 Å². The van der Waals surface area contributed by atoms with E-state index in [1.54, 1.807) is 0 Å². The molecule has 0 saturated heterocycles. The lowest BCUT2D eigenvalue weighted by molar-refractivity contribution is 0.0540. The Morgan fingerprint density at radius 2 is 2.29 bits per heavy atom. The van der Waals surface area contributed by atoms with E-state index >= 15 is 0 Å². The highest BCUT2D eigenvalue weighted by Gasteiger charge is 2.38. The molecule has 0 spiro atoms. The van der Waals surface area contributed by atoms with Crippen LogP contribution in [-0.2, 0) is 16.9 Å². The summed E-state index contributed by atoms with van der Waals surface area (Å²) in [5.41, 5.74) is 1.48. The molecule has 17 heavy (non-hydrogen) atoms. The molecule has 2 unspecified atom stereocenters. The predicted molar refractivity (Wildman–Crippen MR) is 66.3 cm³/mol. The van der Waals surface area contributed by atoms with Gasteiger partial charge in [-0.25, -0.2) is 0 Å². The fourth-order valence-electron chi connectivity index (χ4n) is 2.22. The molecule has 0 amide bonds. The van der Waals surface area contributed by atoms with Crippen molar-refractivity contribution in [1.82, 2.24) is 5.32 Å². The summed E-state index contributed by atoms with van der Waals surface area (Å²) in [6.45, 7) is 5.22. The van der Waals surface area contributed by atoms with E-state index in [2.05, 4.69) is 25.2 Å². The van der Waals surface area contributed by atoms with Crippen molar-refractivity contribution in [2.75, 3.05) is 6.61 Å². The molecule has 1 aliphatic rings. The molecule has 1 aromatic carbocycles. The van der Waals surface area contributed by atoms with E-state index in [-0.39, 0.29) is 0 Å². The fraction of sp³-hybridized carbons (Fsp3) is 0.500. The van der Waals surface area contributed by atoms with Gasteiger partial charge in [-0.05, 0) is 24.5 Å². The molecule has 0 saturated carbocycles. The largest absolute Gasteiger partial charge is 0.373 e. The van der Waals surface area contributed by atoms with Gasteiger partial charge in [0.25, 0.3) is 0 Å². The SMILES string of the molecule is CCC(C)NC1(C#N)COCc2ccccc21. The van der Waals surface area contributed by atoms with Gasteiger partial charge in [-0.15, -0.1) is 0 Å². The molecule has 0 aromatic heterocycles. The smallest absolute Gasteiger partial charge is 0.156 e. The lowest BCUT2D eigenvalue weighted by Crippen LogP contribution is -2.51.